The smallest absolute Gasteiger partial charge is 0.139 e. The summed E-state index contributed by atoms with van der Waals surface area (Å²) in [6.07, 6.45) is 12.6. The van der Waals surface area contributed by atoms with Crippen LogP contribution in [0.2, 0.25) is 0 Å². The number of carbonyl (C=O) groups excluding carboxylic acids is 1. The third-order valence-electron chi connectivity index (χ3n) is 8.70. The molecule has 0 aliphatic heterocycles. The Labute approximate surface area is 180 Å². The largest absolute Gasteiger partial charge is 0.385 e. The average molecular weight is 403 g/mol. The molecule has 1 N–H and O–H groups in total. The summed E-state index contributed by atoms with van der Waals surface area (Å²) in [5.74, 6) is 2.24. The van der Waals surface area contributed by atoms with E-state index < -0.39 is 5.60 Å². The Bertz CT molecular complexity index is 923. The number of aliphatic hydroxyl groups is 1. The number of fused-ring (bicyclic) bond motifs is 5. The Kier molecular flexibility index (Phi) is 4.89. The first kappa shape index (κ1) is 20.0. The maximum atomic E-state index is 12.6. The zero-order chi connectivity index (χ0) is 20.9. The molecule has 2 nitrogen and oxygen atoms in total. The van der Waals surface area contributed by atoms with Gasteiger partial charge in [0.05, 0.1) is 5.60 Å². The summed E-state index contributed by atoms with van der Waals surface area (Å²) < 4.78 is 0. The summed E-state index contributed by atoms with van der Waals surface area (Å²) in [6.45, 7) is 6.27. The van der Waals surface area contributed by atoms with E-state index in [0.717, 1.165) is 44.9 Å². The Hall–Kier alpha value is -1.93. The SMILES string of the molecule is C=CCC1=C2C(=CC(O)(Cc3ccccc3)C1)CC[C@@H]1[C@@H]2CC[C@]2(C)C(=O)CC[C@@H]12. The molecule has 1 aromatic carbocycles. The fourth-order valence-electron chi connectivity index (χ4n) is 7.41. The molecule has 5 rings (SSSR count). The highest BCUT2D eigenvalue weighted by Gasteiger charge is 2.55. The molecule has 1 unspecified atom stereocenters. The second kappa shape index (κ2) is 7.34. The van der Waals surface area contributed by atoms with Crippen LogP contribution in [0.4, 0.5) is 0 Å². The van der Waals surface area contributed by atoms with Crippen molar-refractivity contribution >= 4 is 5.78 Å². The van der Waals surface area contributed by atoms with Crippen LogP contribution in [0.15, 0.2) is 65.8 Å². The van der Waals surface area contributed by atoms with Gasteiger partial charge >= 0.3 is 0 Å². The van der Waals surface area contributed by atoms with Crippen molar-refractivity contribution in [1.29, 1.82) is 0 Å². The Morgan fingerprint density at radius 1 is 1.17 bits per heavy atom. The van der Waals surface area contributed by atoms with Crippen molar-refractivity contribution in [3.05, 3.63) is 71.3 Å². The van der Waals surface area contributed by atoms with Crippen LogP contribution in [-0.2, 0) is 11.2 Å². The fraction of sp³-hybridized carbons (Fsp3) is 0.536. The molecular formula is C28H34O2. The minimum atomic E-state index is -0.808. The van der Waals surface area contributed by atoms with Crippen molar-refractivity contribution in [1.82, 2.24) is 0 Å². The van der Waals surface area contributed by atoms with E-state index in [-0.39, 0.29) is 5.41 Å². The van der Waals surface area contributed by atoms with Gasteiger partial charge in [-0.2, -0.15) is 0 Å². The standard InChI is InChI=1S/C28H34O2/c1-3-7-20-17-28(30,16-19-8-5-4-6-9-19)18-21-10-11-22-23(26(20)21)14-15-27(2)24(22)12-13-25(27)29/h3-6,8-9,18,22-24,30H,1,7,10-17H2,2H3/t22-,23+,24+,27+,28?/m1/s1. The number of rotatable bonds is 4. The van der Waals surface area contributed by atoms with Crippen LogP contribution in [0, 0.1) is 23.2 Å². The lowest BCUT2D eigenvalue weighted by atomic mass is 9.53. The minimum Gasteiger partial charge on any atom is -0.385 e. The molecule has 0 aromatic heterocycles. The van der Waals surface area contributed by atoms with Gasteiger partial charge in [-0.3, -0.25) is 4.79 Å². The van der Waals surface area contributed by atoms with Crippen LogP contribution in [0.5, 0.6) is 0 Å². The van der Waals surface area contributed by atoms with Crippen molar-refractivity contribution in [2.75, 3.05) is 0 Å². The maximum absolute atomic E-state index is 12.6. The van der Waals surface area contributed by atoms with E-state index in [1.165, 1.54) is 22.3 Å². The second-order valence-electron chi connectivity index (χ2n) is 10.5. The van der Waals surface area contributed by atoms with E-state index in [9.17, 15) is 9.90 Å². The van der Waals surface area contributed by atoms with Gasteiger partial charge in [0.1, 0.15) is 5.78 Å². The summed E-state index contributed by atoms with van der Waals surface area (Å²) in [7, 11) is 0. The predicted molar refractivity (Wildman–Crippen MR) is 121 cm³/mol. The van der Waals surface area contributed by atoms with Crippen LogP contribution in [0.1, 0.15) is 63.9 Å². The van der Waals surface area contributed by atoms with Crippen LogP contribution in [-0.4, -0.2) is 16.5 Å². The molecule has 5 atom stereocenters. The molecule has 2 heteroatoms. The van der Waals surface area contributed by atoms with E-state index in [2.05, 4.69) is 31.7 Å². The van der Waals surface area contributed by atoms with Gasteiger partial charge in [0.15, 0.2) is 0 Å². The molecule has 0 amide bonds. The first-order valence-corrected chi connectivity index (χ1v) is 11.8. The number of ketones is 1. The third-order valence-corrected chi connectivity index (χ3v) is 8.70. The van der Waals surface area contributed by atoms with Gasteiger partial charge < -0.3 is 5.11 Å². The Morgan fingerprint density at radius 2 is 1.97 bits per heavy atom. The number of benzene rings is 1. The Balaban J connectivity index is 1.48. The van der Waals surface area contributed by atoms with Gasteiger partial charge in [0.25, 0.3) is 0 Å². The van der Waals surface area contributed by atoms with Gasteiger partial charge in [0.2, 0.25) is 0 Å². The van der Waals surface area contributed by atoms with E-state index in [1.807, 2.05) is 24.3 Å². The number of Topliss-reactive ketones (excluding diaryl/α,β-unsaturated/α-hetero) is 1. The first-order valence-electron chi connectivity index (χ1n) is 11.8. The monoisotopic (exact) mass is 402 g/mol. The average Bonchev–Trinajstić information content (AvgIpc) is 3.03. The van der Waals surface area contributed by atoms with Crippen molar-refractivity contribution in [3.8, 4) is 0 Å². The summed E-state index contributed by atoms with van der Waals surface area (Å²) in [4.78, 5) is 12.6. The maximum Gasteiger partial charge on any atom is 0.139 e. The molecule has 4 aliphatic rings. The van der Waals surface area contributed by atoms with E-state index in [4.69, 9.17) is 0 Å². The van der Waals surface area contributed by atoms with Crippen molar-refractivity contribution in [2.45, 2.75) is 70.3 Å². The molecule has 3 saturated carbocycles. The topological polar surface area (TPSA) is 37.3 Å². The molecule has 1 aromatic rings. The summed E-state index contributed by atoms with van der Waals surface area (Å²) in [5.41, 5.74) is 4.60. The molecule has 30 heavy (non-hydrogen) atoms. The molecule has 4 aliphatic carbocycles. The van der Waals surface area contributed by atoms with Crippen LogP contribution < -0.4 is 0 Å². The highest BCUT2D eigenvalue weighted by Crippen LogP contribution is 2.61. The highest BCUT2D eigenvalue weighted by molar-refractivity contribution is 5.87. The fourth-order valence-corrected chi connectivity index (χ4v) is 7.41. The second-order valence-corrected chi connectivity index (χ2v) is 10.5. The predicted octanol–water partition coefficient (Wildman–Crippen LogP) is 5.97. The molecule has 0 heterocycles. The Morgan fingerprint density at radius 3 is 2.73 bits per heavy atom. The van der Waals surface area contributed by atoms with Gasteiger partial charge in [0, 0.05) is 24.7 Å². The van der Waals surface area contributed by atoms with E-state index in [0.29, 0.717) is 36.4 Å². The number of hydrogen-bond acceptors (Lipinski definition) is 2. The zero-order valence-corrected chi connectivity index (χ0v) is 18.2. The molecular weight excluding hydrogens is 368 g/mol. The van der Waals surface area contributed by atoms with Crippen molar-refractivity contribution < 1.29 is 9.90 Å². The molecule has 0 bridgehead atoms. The van der Waals surface area contributed by atoms with Crippen molar-refractivity contribution in [3.63, 3.8) is 0 Å². The van der Waals surface area contributed by atoms with E-state index in [1.54, 1.807) is 0 Å². The highest BCUT2D eigenvalue weighted by atomic mass is 16.3. The quantitative estimate of drug-likeness (QED) is 0.630. The molecule has 3 fully saturated rings. The van der Waals surface area contributed by atoms with Crippen LogP contribution in [0.25, 0.3) is 0 Å². The zero-order valence-electron chi connectivity index (χ0n) is 18.2. The molecule has 0 saturated heterocycles. The summed E-state index contributed by atoms with van der Waals surface area (Å²) in [5, 5.41) is 11.6. The normalized spacial score (nSPS) is 37.9. The van der Waals surface area contributed by atoms with Gasteiger partial charge in [-0.15, -0.1) is 6.58 Å². The minimum absolute atomic E-state index is 0.0791. The number of hydrogen-bond donors (Lipinski definition) is 1. The van der Waals surface area contributed by atoms with E-state index >= 15 is 0 Å². The molecule has 158 valence electrons. The van der Waals surface area contributed by atoms with Gasteiger partial charge in [-0.25, -0.2) is 0 Å². The van der Waals surface area contributed by atoms with Gasteiger partial charge in [-0.05, 0) is 79.1 Å². The van der Waals surface area contributed by atoms with Crippen LogP contribution in [0.3, 0.4) is 0 Å². The molecule has 0 spiro atoms. The number of carbonyl (C=O) groups is 1. The lowest BCUT2D eigenvalue weighted by molar-refractivity contribution is -0.129. The molecule has 0 radical (unpaired) electrons. The summed E-state index contributed by atoms with van der Waals surface area (Å²) >= 11 is 0. The lowest BCUT2D eigenvalue weighted by Crippen LogP contribution is -2.45. The lowest BCUT2D eigenvalue weighted by Gasteiger charge is -2.51. The number of allylic oxidation sites excluding steroid dienone is 3. The third kappa shape index (κ3) is 3.15. The first-order chi connectivity index (χ1) is 14.4. The van der Waals surface area contributed by atoms with Crippen LogP contribution >= 0.6 is 0 Å². The van der Waals surface area contributed by atoms with Crippen molar-refractivity contribution in [2.24, 2.45) is 23.2 Å². The van der Waals surface area contributed by atoms with Gasteiger partial charge in [-0.1, -0.05) is 48.9 Å². The summed E-state index contributed by atoms with van der Waals surface area (Å²) in [6, 6.07) is 10.3.